The van der Waals surface area contributed by atoms with Gasteiger partial charge in [-0.15, -0.1) is 0 Å². The van der Waals surface area contributed by atoms with Crippen LogP contribution in [0, 0.1) is 0 Å². The highest BCUT2D eigenvalue weighted by molar-refractivity contribution is 5.85. The Hall–Kier alpha value is -3.27. The Morgan fingerprint density at radius 2 is 1.78 bits per heavy atom. The number of anilines is 2. The number of rotatable bonds is 9. The number of ether oxygens (including phenoxy) is 1. The number of nitrogens with zero attached hydrogens (tertiary/aromatic N) is 5. The van der Waals surface area contributed by atoms with Gasteiger partial charge in [0.2, 0.25) is 0 Å². The van der Waals surface area contributed by atoms with E-state index in [4.69, 9.17) is 9.57 Å². The number of para-hydroxylation sites is 2. The molecule has 0 aliphatic carbocycles. The highest BCUT2D eigenvalue weighted by Crippen LogP contribution is 2.28. The second-order valence-electron chi connectivity index (χ2n) is 7.67. The van der Waals surface area contributed by atoms with Crippen molar-refractivity contribution in [3.05, 3.63) is 50.7 Å². The molecule has 0 unspecified atom stereocenters. The number of nitrogens with one attached hydrogen (secondary N) is 1. The molecule has 1 aliphatic rings. The molecule has 10 heteroatoms. The first-order valence-corrected chi connectivity index (χ1v) is 10.7. The summed E-state index contributed by atoms with van der Waals surface area (Å²) in [5.74, 6) is 1.34. The molecule has 1 saturated heterocycles. The molecule has 0 spiro atoms. The summed E-state index contributed by atoms with van der Waals surface area (Å²) in [7, 11) is 6.19. The summed E-state index contributed by atoms with van der Waals surface area (Å²) < 4.78 is 7.97. The van der Waals surface area contributed by atoms with Crippen molar-refractivity contribution in [3.8, 4) is 5.75 Å². The van der Waals surface area contributed by atoms with Gasteiger partial charge in [0, 0.05) is 46.8 Å². The average molecular weight is 445 g/mol. The van der Waals surface area contributed by atoms with Crippen LogP contribution >= 0.6 is 0 Å². The molecule has 0 amide bonds. The second-order valence-corrected chi connectivity index (χ2v) is 7.67. The van der Waals surface area contributed by atoms with Crippen molar-refractivity contribution in [2.45, 2.75) is 6.42 Å². The number of aromatic nitrogens is 2. The molecular formula is C22H32N6O4. The molecule has 0 bridgehead atoms. The first kappa shape index (κ1) is 23.4. The minimum Gasteiger partial charge on any atom is -0.495 e. The molecule has 1 fully saturated rings. The van der Waals surface area contributed by atoms with Crippen molar-refractivity contribution in [2.75, 3.05) is 63.7 Å². The standard InChI is InChI=1S/C22H32N6O4/c1-25-20(17(16-24-32-4)21(29)26(2)22(25)30)23-10-7-11-27-12-14-28(15-13-27)18-8-5-6-9-19(18)31-3/h5-6,8-9,16,23H,7,10-15H2,1-4H3/b24-16+. The maximum atomic E-state index is 12.5. The maximum Gasteiger partial charge on any atom is 0.332 e. The van der Waals surface area contributed by atoms with Crippen molar-refractivity contribution in [1.82, 2.24) is 14.0 Å². The molecule has 1 aromatic heterocycles. The van der Waals surface area contributed by atoms with Gasteiger partial charge in [-0.05, 0) is 25.1 Å². The van der Waals surface area contributed by atoms with Crippen LogP contribution in [-0.4, -0.2) is 73.7 Å². The summed E-state index contributed by atoms with van der Waals surface area (Å²) in [5.41, 5.74) is 0.624. The topological polar surface area (TPSA) is 93.3 Å². The van der Waals surface area contributed by atoms with E-state index in [0.717, 1.165) is 55.1 Å². The Morgan fingerprint density at radius 1 is 1.06 bits per heavy atom. The first-order valence-electron chi connectivity index (χ1n) is 10.7. The molecular weight excluding hydrogens is 412 g/mol. The third-order valence-electron chi connectivity index (χ3n) is 5.73. The van der Waals surface area contributed by atoms with Crippen molar-refractivity contribution < 1.29 is 9.57 Å². The Balaban J connectivity index is 1.55. The Bertz CT molecular complexity index is 1050. The number of hydrogen-bond donors (Lipinski definition) is 1. The Kier molecular flexibility index (Phi) is 7.93. The molecule has 0 radical (unpaired) electrons. The fraction of sp³-hybridized carbons (Fsp3) is 0.500. The normalized spacial score (nSPS) is 14.7. The van der Waals surface area contributed by atoms with Crippen LogP contribution in [0.4, 0.5) is 11.5 Å². The van der Waals surface area contributed by atoms with Gasteiger partial charge in [-0.25, -0.2) is 4.79 Å². The molecule has 1 aromatic carbocycles. The van der Waals surface area contributed by atoms with Gasteiger partial charge in [0.25, 0.3) is 5.56 Å². The summed E-state index contributed by atoms with van der Waals surface area (Å²) in [4.78, 5) is 34.3. The molecule has 0 atom stereocenters. The number of oxime groups is 1. The maximum absolute atomic E-state index is 12.5. The highest BCUT2D eigenvalue weighted by atomic mass is 16.6. The molecule has 2 heterocycles. The van der Waals surface area contributed by atoms with E-state index in [9.17, 15) is 9.59 Å². The highest BCUT2D eigenvalue weighted by Gasteiger charge is 2.19. The Morgan fingerprint density at radius 3 is 2.47 bits per heavy atom. The number of benzene rings is 1. The average Bonchev–Trinajstić information content (AvgIpc) is 2.83. The zero-order valence-corrected chi connectivity index (χ0v) is 19.2. The third-order valence-corrected chi connectivity index (χ3v) is 5.73. The monoisotopic (exact) mass is 444 g/mol. The molecule has 174 valence electrons. The van der Waals surface area contributed by atoms with E-state index in [2.05, 4.69) is 26.3 Å². The second kappa shape index (κ2) is 10.9. The van der Waals surface area contributed by atoms with Crippen LogP contribution in [0.2, 0.25) is 0 Å². The number of methoxy groups -OCH3 is 1. The van der Waals surface area contributed by atoms with E-state index in [1.54, 1.807) is 14.2 Å². The summed E-state index contributed by atoms with van der Waals surface area (Å²) in [6, 6.07) is 8.10. The van der Waals surface area contributed by atoms with Crippen LogP contribution in [0.15, 0.2) is 39.0 Å². The van der Waals surface area contributed by atoms with Crippen LogP contribution in [0.1, 0.15) is 12.0 Å². The lowest BCUT2D eigenvalue weighted by Gasteiger charge is -2.36. The van der Waals surface area contributed by atoms with E-state index in [0.29, 0.717) is 17.9 Å². The van der Waals surface area contributed by atoms with Crippen molar-refractivity contribution in [1.29, 1.82) is 0 Å². The van der Waals surface area contributed by atoms with Crippen LogP contribution in [0.25, 0.3) is 0 Å². The quantitative estimate of drug-likeness (QED) is 0.346. The van der Waals surface area contributed by atoms with Gasteiger partial charge in [0.05, 0.1) is 19.0 Å². The fourth-order valence-electron chi connectivity index (χ4n) is 3.92. The van der Waals surface area contributed by atoms with Crippen molar-refractivity contribution in [3.63, 3.8) is 0 Å². The van der Waals surface area contributed by atoms with Crippen molar-refractivity contribution in [2.24, 2.45) is 19.3 Å². The molecule has 1 aliphatic heterocycles. The lowest BCUT2D eigenvalue weighted by molar-refractivity contribution is 0.215. The van der Waals surface area contributed by atoms with Gasteiger partial charge in [-0.1, -0.05) is 17.3 Å². The van der Waals surface area contributed by atoms with Gasteiger partial charge >= 0.3 is 5.69 Å². The predicted molar refractivity (Wildman–Crippen MR) is 126 cm³/mol. The van der Waals surface area contributed by atoms with E-state index in [1.165, 1.54) is 24.9 Å². The molecule has 10 nitrogen and oxygen atoms in total. The zero-order chi connectivity index (χ0) is 23.1. The lowest BCUT2D eigenvalue weighted by Crippen LogP contribution is -2.47. The Labute approximate surface area is 187 Å². The van der Waals surface area contributed by atoms with Crippen molar-refractivity contribution >= 4 is 17.7 Å². The smallest absolute Gasteiger partial charge is 0.332 e. The molecule has 3 rings (SSSR count). The lowest BCUT2D eigenvalue weighted by atomic mass is 10.2. The largest absolute Gasteiger partial charge is 0.495 e. The van der Waals surface area contributed by atoms with Crippen LogP contribution < -0.4 is 26.2 Å². The molecule has 1 N–H and O–H groups in total. The summed E-state index contributed by atoms with van der Waals surface area (Å²) >= 11 is 0. The fourth-order valence-corrected chi connectivity index (χ4v) is 3.92. The number of hydrogen-bond acceptors (Lipinski definition) is 8. The van der Waals surface area contributed by atoms with Crippen LogP contribution in [-0.2, 0) is 18.9 Å². The minimum absolute atomic E-state index is 0.293. The van der Waals surface area contributed by atoms with Gasteiger partial charge in [0.1, 0.15) is 24.2 Å². The van der Waals surface area contributed by atoms with Gasteiger partial charge in [-0.3, -0.25) is 18.8 Å². The first-order chi connectivity index (χ1) is 15.5. The van der Waals surface area contributed by atoms with Crippen LogP contribution in [0.3, 0.4) is 0 Å². The molecule has 32 heavy (non-hydrogen) atoms. The predicted octanol–water partition coefficient (Wildman–Crippen LogP) is 0.697. The van der Waals surface area contributed by atoms with E-state index in [-0.39, 0.29) is 5.69 Å². The van der Waals surface area contributed by atoms with E-state index in [1.807, 2.05) is 18.2 Å². The number of piperazine rings is 1. The van der Waals surface area contributed by atoms with E-state index >= 15 is 0 Å². The van der Waals surface area contributed by atoms with Gasteiger partial charge in [0.15, 0.2) is 0 Å². The summed E-state index contributed by atoms with van der Waals surface area (Å²) in [6.45, 7) is 5.36. The molecule has 2 aromatic rings. The zero-order valence-electron chi connectivity index (χ0n) is 19.2. The minimum atomic E-state index is -0.413. The van der Waals surface area contributed by atoms with Gasteiger partial charge < -0.3 is 19.8 Å². The van der Waals surface area contributed by atoms with Crippen LogP contribution in [0.5, 0.6) is 5.75 Å². The molecule has 0 saturated carbocycles. The van der Waals surface area contributed by atoms with E-state index < -0.39 is 5.56 Å². The summed E-state index contributed by atoms with van der Waals surface area (Å²) in [5, 5.41) is 6.94. The third kappa shape index (κ3) is 5.13. The summed E-state index contributed by atoms with van der Waals surface area (Å²) in [6.07, 6.45) is 2.21. The van der Waals surface area contributed by atoms with Gasteiger partial charge in [-0.2, -0.15) is 0 Å². The SMILES string of the molecule is CO/N=C/c1c(NCCCN2CCN(c3ccccc3OC)CC2)n(C)c(=O)n(C)c1=O.